The van der Waals surface area contributed by atoms with Crippen LogP contribution in [-0.2, 0) is 11.2 Å². The molecule has 0 amide bonds. The smallest absolute Gasteiger partial charge is 0.123 e. The second kappa shape index (κ2) is 6.45. The molecule has 1 spiro atoms. The first kappa shape index (κ1) is 15.0. The lowest BCUT2D eigenvalue weighted by atomic mass is 9.88. The van der Waals surface area contributed by atoms with Gasteiger partial charge in [0.15, 0.2) is 0 Å². The van der Waals surface area contributed by atoms with E-state index in [1.165, 1.54) is 31.2 Å². The van der Waals surface area contributed by atoms with E-state index in [4.69, 9.17) is 4.74 Å². The number of hydrogen-bond donors (Lipinski definition) is 1. The average Bonchev–Trinajstić information content (AvgIpc) is 2.89. The third-order valence-corrected chi connectivity index (χ3v) is 4.98. The molecule has 3 rings (SSSR count). The number of nitrogens with one attached hydrogen (secondary N) is 1. The third-order valence-electron chi connectivity index (χ3n) is 4.98. The molecule has 0 bridgehead atoms. The van der Waals surface area contributed by atoms with Crippen LogP contribution in [0, 0.1) is 5.82 Å². The van der Waals surface area contributed by atoms with E-state index in [1.54, 1.807) is 12.1 Å². The van der Waals surface area contributed by atoms with Gasteiger partial charge in [0.1, 0.15) is 5.82 Å². The SMILES string of the molecule is CC(Cc1ccc(F)cc1)NC1CCOC2(CCCC2)C1. The molecule has 0 aromatic heterocycles. The van der Waals surface area contributed by atoms with Gasteiger partial charge in [-0.2, -0.15) is 0 Å². The molecule has 0 radical (unpaired) electrons. The molecule has 2 aliphatic rings. The molecule has 1 aliphatic carbocycles. The Morgan fingerprint density at radius 1 is 1.29 bits per heavy atom. The second-order valence-corrected chi connectivity index (χ2v) is 6.83. The van der Waals surface area contributed by atoms with Gasteiger partial charge in [0.25, 0.3) is 0 Å². The van der Waals surface area contributed by atoms with Gasteiger partial charge in [0, 0.05) is 18.7 Å². The van der Waals surface area contributed by atoms with Crippen molar-refractivity contribution < 1.29 is 9.13 Å². The van der Waals surface area contributed by atoms with Crippen LogP contribution in [0.5, 0.6) is 0 Å². The van der Waals surface area contributed by atoms with Gasteiger partial charge in [0.05, 0.1) is 5.60 Å². The van der Waals surface area contributed by atoms with Crippen molar-refractivity contribution in [2.45, 2.75) is 69.6 Å². The van der Waals surface area contributed by atoms with Crippen LogP contribution in [0.4, 0.5) is 4.39 Å². The second-order valence-electron chi connectivity index (χ2n) is 6.83. The maximum atomic E-state index is 12.9. The van der Waals surface area contributed by atoms with Crippen molar-refractivity contribution in [3.05, 3.63) is 35.6 Å². The number of rotatable bonds is 4. The molecule has 1 saturated heterocycles. The van der Waals surface area contributed by atoms with Gasteiger partial charge in [-0.3, -0.25) is 0 Å². The van der Waals surface area contributed by atoms with Crippen molar-refractivity contribution >= 4 is 0 Å². The van der Waals surface area contributed by atoms with Gasteiger partial charge in [-0.25, -0.2) is 4.39 Å². The molecule has 2 nitrogen and oxygen atoms in total. The summed E-state index contributed by atoms with van der Waals surface area (Å²) in [6, 6.07) is 7.84. The van der Waals surface area contributed by atoms with Crippen LogP contribution in [0.15, 0.2) is 24.3 Å². The Bertz CT molecular complexity index is 453. The summed E-state index contributed by atoms with van der Waals surface area (Å²) in [4.78, 5) is 0. The lowest BCUT2D eigenvalue weighted by Gasteiger charge is -2.39. The summed E-state index contributed by atoms with van der Waals surface area (Å²) in [5.41, 5.74) is 1.37. The Morgan fingerprint density at radius 3 is 2.71 bits per heavy atom. The summed E-state index contributed by atoms with van der Waals surface area (Å²) in [6.07, 6.45) is 8.31. The summed E-state index contributed by atoms with van der Waals surface area (Å²) in [5.74, 6) is -0.160. The van der Waals surface area contributed by atoms with E-state index >= 15 is 0 Å². The van der Waals surface area contributed by atoms with Crippen molar-refractivity contribution in [2.24, 2.45) is 0 Å². The molecule has 2 fully saturated rings. The Kier molecular flexibility index (Phi) is 4.60. The van der Waals surface area contributed by atoms with E-state index in [0.717, 1.165) is 25.9 Å². The Hall–Kier alpha value is -0.930. The predicted octanol–water partition coefficient (Wildman–Crippen LogP) is 3.84. The highest BCUT2D eigenvalue weighted by molar-refractivity contribution is 5.17. The predicted molar refractivity (Wildman–Crippen MR) is 82.9 cm³/mol. The van der Waals surface area contributed by atoms with Crippen LogP contribution < -0.4 is 5.32 Å². The van der Waals surface area contributed by atoms with Gasteiger partial charge in [0.2, 0.25) is 0 Å². The van der Waals surface area contributed by atoms with Crippen LogP contribution in [0.2, 0.25) is 0 Å². The van der Waals surface area contributed by atoms with Crippen molar-refractivity contribution in [2.75, 3.05) is 6.61 Å². The number of halogens is 1. The summed E-state index contributed by atoms with van der Waals surface area (Å²) >= 11 is 0. The molecule has 1 heterocycles. The fraction of sp³-hybridized carbons (Fsp3) is 0.667. The molecule has 116 valence electrons. The molecule has 3 heteroatoms. The minimum atomic E-state index is -0.160. The van der Waals surface area contributed by atoms with Crippen molar-refractivity contribution in [1.82, 2.24) is 5.32 Å². The van der Waals surface area contributed by atoms with E-state index in [1.807, 2.05) is 12.1 Å². The summed E-state index contributed by atoms with van der Waals surface area (Å²) < 4.78 is 19.0. The van der Waals surface area contributed by atoms with Gasteiger partial charge in [-0.15, -0.1) is 0 Å². The van der Waals surface area contributed by atoms with Crippen molar-refractivity contribution in [3.63, 3.8) is 0 Å². The van der Waals surface area contributed by atoms with E-state index in [0.29, 0.717) is 12.1 Å². The highest BCUT2D eigenvalue weighted by Gasteiger charge is 2.39. The van der Waals surface area contributed by atoms with Crippen LogP contribution >= 0.6 is 0 Å². The molecule has 1 aliphatic heterocycles. The molecular formula is C18H26FNO. The van der Waals surface area contributed by atoms with Crippen LogP contribution in [-0.4, -0.2) is 24.3 Å². The number of ether oxygens (including phenoxy) is 1. The molecule has 1 aromatic rings. The molecular weight excluding hydrogens is 265 g/mol. The van der Waals surface area contributed by atoms with Crippen molar-refractivity contribution in [1.29, 1.82) is 0 Å². The topological polar surface area (TPSA) is 21.3 Å². The maximum Gasteiger partial charge on any atom is 0.123 e. The highest BCUT2D eigenvalue weighted by atomic mass is 19.1. The lowest BCUT2D eigenvalue weighted by Crippen LogP contribution is -2.48. The van der Waals surface area contributed by atoms with Gasteiger partial charge in [-0.05, 0) is 56.7 Å². The zero-order chi connectivity index (χ0) is 14.7. The quantitative estimate of drug-likeness (QED) is 0.910. The molecule has 2 unspecified atom stereocenters. The van der Waals surface area contributed by atoms with E-state index in [9.17, 15) is 4.39 Å². The molecule has 1 aromatic carbocycles. The van der Waals surface area contributed by atoms with Crippen LogP contribution in [0.3, 0.4) is 0 Å². The Labute approximate surface area is 127 Å². The highest BCUT2D eigenvalue weighted by Crippen LogP contribution is 2.40. The van der Waals surface area contributed by atoms with Crippen molar-refractivity contribution in [3.8, 4) is 0 Å². The average molecular weight is 291 g/mol. The van der Waals surface area contributed by atoms with Gasteiger partial charge >= 0.3 is 0 Å². The fourth-order valence-corrected chi connectivity index (χ4v) is 3.97. The first-order chi connectivity index (χ1) is 10.2. The van der Waals surface area contributed by atoms with E-state index in [2.05, 4.69) is 12.2 Å². The van der Waals surface area contributed by atoms with Crippen LogP contribution in [0.1, 0.15) is 51.0 Å². The monoisotopic (exact) mass is 291 g/mol. The third kappa shape index (κ3) is 3.83. The van der Waals surface area contributed by atoms with Gasteiger partial charge < -0.3 is 10.1 Å². The summed E-state index contributed by atoms with van der Waals surface area (Å²) in [6.45, 7) is 3.11. The molecule has 21 heavy (non-hydrogen) atoms. The fourth-order valence-electron chi connectivity index (χ4n) is 3.97. The normalized spacial score (nSPS) is 26.1. The molecule has 2 atom stereocenters. The summed E-state index contributed by atoms with van der Waals surface area (Å²) in [5, 5.41) is 3.76. The molecule has 1 saturated carbocycles. The van der Waals surface area contributed by atoms with E-state index in [-0.39, 0.29) is 11.4 Å². The first-order valence-corrected chi connectivity index (χ1v) is 8.30. The first-order valence-electron chi connectivity index (χ1n) is 8.30. The molecule has 1 N–H and O–H groups in total. The van der Waals surface area contributed by atoms with Crippen LogP contribution in [0.25, 0.3) is 0 Å². The number of hydrogen-bond acceptors (Lipinski definition) is 2. The Morgan fingerprint density at radius 2 is 2.00 bits per heavy atom. The lowest BCUT2D eigenvalue weighted by molar-refractivity contribution is -0.0845. The standard InChI is InChI=1S/C18H26FNO/c1-14(12-15-4-6-16(19)7-5-15)20-17-8-11-21-18(13-17)9-2-3-10-18/h4-7,14,17,20H,2-3,8-13H2,1H3. The largest absolute Gasteiger partial charge is 0.375 e. The minimum absolute atomic E-state index is 0.160. The zero-order valence-corrected chi connectivity index (χ0v) is 12.9. The Balaban J connectivity index is 1.52. The minimum Gasteiger partial charge on any atom is -0.375 e. The van der Waals surface area contributed by atoms with Gasteiger partial charge in [-0.1, -0.05) is 25.0 Å². The summed E-state index contributed by atoms with van der Waals surface area (Å²) in [7, 11) is 0. The zero-order valence-electron chi connectivity index (χ0n) is 12.9. The van der Waals surface area contributed by atoms with E-state index < -0.39 is 0 Å². The maximum absolute atomic E-state index is 12.9. The number of benzene rings is 1.